The van der Waals surface area contributed by atoms with Gasteiger partial charge in [-0.15, -0.1) is 6.58 Å². The molecule has 1 N–H and O–H groups in total. The van der Waals surface area contributed by atoms with Crippen LogP contribution in [0.25, 0.3) is 0 Å². The Bertz CT molecular complexity index is 603. The zero-order chi connectivity index (χ0) is 18.3. The molecule has 1 aromatic heterocycles. The first-order chi connectivity index (χ1) is 11.4. The second-order valence-corrected chi connectivity index (χ2v) is 5.16. The highest BCUT2D eigenvalue weighted by Gasteiger charge is 2.27. The second-order valence-electron chi connectivity index (χ2n) is 5.16. The van der Waals surface area contributed by atoms with E-state index in [1.54, 1.807) is 31.4 Å². The molecule has 24 heavy (non-hydrogen) atoms. The number of carbonyl (C=O) groups is 2. The maximum absolute atomic E-state index is 12.6. The van der Waals surface area contributed by atoms with Gasteiger partial charge in [0.25, 0.3) is 5.91 Å². The highest BCUT2D eigenvalue weighted by atomic mass is 16.7. The molecule has 0 aromatic carbocycles. The van der Waals surface area contributed by atoms with E-state index in [1.807, 2.05) is 0 Å². The summed E-state index contributed by atoms with van der Waals surface area (Å²) in [7, 11) is 2.99. The number of hydrogen-bond donors (Lipinski definition) is 1. The van der Waals surface area contributed by atoms with Crippen LogP contribution in [0.1, 0.15) is 39.0 Å². The molecule has 134 valence electrons. The summed E-state index contributed by atoms with van der Waals surface area (Å²) in [5.74, 6) is -0.747. The summed E-state index contributed by atoms with van der Waals surface area (Å²) in [6, 6.07) is 0. The number of nitrogens with one attached hydrogen (secondary N) is 1. The van der Waals surface area contributed by atoms with Gasteiger partial charge in [0, 0.05) is 26.5 Å². The number of ether oxygens (including phenoxy) is 3. The van der Waals surface area contributed by atoms with Crippen molar-refractivity contribution in [3.05, 3.63) is 35.2 Å². The van der Waals surface area contributed by atoms with Gasteiger partial charge in [-0.25, -0.2) is 4.79 Å². The van der Waals surface area contributed by atoms with Crippen molar-refractivity contribution in [2.75, 3.05) is 27.4 Å². The molecule has 1 aromatic rings. The van der Waals surface area contributed by atoms with Crippen LogP contribution in [0.4, 0.5) is 0 Å². The zero-order valence-corrected chi connectivity index (χ0v) is 15.0. The fraction of sp³-hybridized carbons (Fsp3) is 0.529. The number of methoxy groups -OCH3 is 2. The maximum Gasteiger partial charge on any atom is 0.355 e. The monoisotopic (exact) mass is 338 g/mol. The SMILES string of the molecule is C=CCn1c(C)c(C(=O)NCC(OC)OC)c(C)c1C(=O)OCC. The minimum Gasteiger partial charge on any atom is -0.461 e. The van der Waals surface area contributed by atoms with Gasteiger partial charge >= 0.3 is 5.97 Å². The molecular weight excluding hydrogens is 312 g/mol. The minimum absolute atomic E-state index is 0.200. The Balaban J connectivity index is 3.19. The van der Waals surface area contributed by atoms with Crippen LogP contribution in [0, 0.1) is 13.8 Å². The topological polar surface area (TPSA) is 78.8 Å². The fourth-order valence-corrected chi connectivity index (χ4v) is 2.58. The van der Waals surface area contributed by atoms with E-state index in [4.69, 9.17) is 14.2 Å². The number of esters is 1. The van der Waals surface area contributed by atoms with Gasteiger partial charge in [0.1, 0.15) is 5.69 Å². The van der Waals surface area contributed by atoms with Gasteiger partial charge in [0.15, 0.2) is 6.29 Å². The predicted octanol–water partition coefficient (Wildman–Crippen LogP) is 1.82. The van der Waals surface area contributed by atoms with Crippen LogP contribution in [-0.2, 0) is 20.8 Å². The van der Waals surface area contributed by atoms with Crippen LogP contribution in [-0.4, -0.2) is 50.1 Å². The molecular formula is C17H26N2O5. The Morgan fingerprint density at radius 3 is 2.42 bits per heavy atom. The molecule has 1 heterocycles. The van der Waals surface area contributed by atoms with Gasteiger partial charge in [0.05, 0.1) is 18.7 Å². The molecule has 0 radical (unpaired) electrons. The third-order valence-electron chi connectivity index (χ3n) is 3.73. The third-order valence-corrected chi connectivity index (χ3v) is 3.73. The number of nitrogens with zero attached hydrogens (tertiary/aromatic N) is 1. The number of amides is 1. The highest BCUT2D eigenvalue weighted by Crippen LogP contribution is 2.23. The number of allylic oxidation sites excluding steroid dienone is 1. The van der Waals surface area contributed by atoms with E-state index < -0.39 is 12.3 Å². The molecule has 1 rings (SSSR count). The van der Waals surface area contributed by atoms with Gasteiger partial charge in [-0.2, -0.15) is 0 Å². The lowest BCUT2D eigenvalue weighted by atomic mass is 10.1. The van der Waals surface area contributed by atoms with Crippen LogP contribution in [0.5, 0.6) is 0 Å². The van der Waals surface area contributed by atoms with Crippen molar-refractivity contribution in [2.45, 2.75) is 33.6 Å². The minimum atomic E-state index is -0.533. The molecule has 0 spiro atoms. The summed E-state index contributed by atoms with van der Waals surface area (Å²) in [5.41, 5.74) is 2.08. The van der Waals surface area contributed by atoms with Crippen molar-refractivity contribution in [3.63, 3.8) is 0 Å². The molecule has 0 unspecified atom stereocenters. The van der Waals surface area contributed by atoms with Gasteiger partial charge in [-0.1, -0.05) is 6.08 Å². The van der Waals surface area contributed by atoms with Crippen LogP contribution in [0.3, 0.4) is 0 Å². The molecule has 7 nitrogen and oxygen atoms in total. The van der Waals surface area contributed by atoms with E-state index in [0.717, 1.165) is 0 Å². The Hall–Kier alpha value is -2.12. The Labute approximate surface area is 142 Å². The molecule has 0 saturated carbocycles. The van der Waals surface area contributed by atoms with Crippen LogP contribution in [0.15, 0.2) is 12.7 Å². The van der Waals surface area contributed by atoms with Crippen molar-refractivity contribution in [1.82, 2.24) is 9.88 Å². The summed E-state index contributed by atoms with van der Waals surface area (Å²) >= 11 is 0. The first-order valence-corrected chi connectivity index (χ1v) is 7.74. The summed E-state index contributed by atoms with van der Waals surface area (Å²) in [6.45, 7) is 9.84. The van der Waals surface area contributed by atoms with Crippen molar-refractivity contribution in [1.29, 1.82) is 0 Å². The number of hydrogen-bond acceptors (Lipinski definition) is 5. The molecule has 0 saturated heterocycles. The largest absolute Gasteiger partial charge is 0.461 e. The molecule has 0 atom stereocenters. The molecule has 0 fully saturated rings. The summed E-state index contributed by atoms with van der Waals surface area (Å²) < 4.78 is 17.0. The first kappa shape index (κ1) is 19.9. The number of carbonyl (C=O) groups excluding carboxylic acids is 2. The predicted molar refractivity (Wildman–Crippen MR) is 90.2 cm³/mol. The standard InChI is InChI=1S/C17H26N2O5/c1-7-9-19-12(4)14(11(3)15(19)17(21)24-8-2)16(20)18-10-13(22-5)23-6/h7,13H,1,8-10H2,2-6H3,(H,18,20). The van der Waals surface area contributed by atoms with E-state index in [-0.39, 0.29) is 19.1 Å². The lowest BCUT2D eigenvalue weighted by molar-refractivity contribution is -0.0974. The molecule has 0 aliphatic rings. The average Bonchev–Trinajstić information content (AvgIpc) is 2.79. The first-order valence-electron chi connectivity index (χ1n) is 7.74. The average molecular weight is 338 g/mol. The van der Waals surface area contributed by atoms with E-state index in [2.05, 4.69) is 11.9 Å². The van der Waals surface area contributed by atoms with Crippen LogP contribution < -0.4 is 5.32 Å². The highest BCUT2D eigenvalue weighted by molar-refractivity contribution is 6.01. The quantitative estimate of drug-likeness (QED) is 0.422. The molecule has 7 heteroatoms. The normalized spacial score (nSPS) is 10.8. The van der Waals surface area contributed by atoms with Crippen molar-refractivity contribution < 1.29 is 23.8 Å². The van der Waals surface area contributed by atoms with E-state index >= 15 is 0 Å². The Kier molecular flexibility index (Phi) is 7.67. The summed E-state index contributed by atoms with van der Waals surface area (Å²) in [6.07, 6.45) is 1.14. The van der Waals surface area contributed by atoms with Crippen molar-refractivity contribution in [3.8, 4) is 0 Å². The van der Waals surface area contributed by atoms with Gasteiger partial charge in [-0.3, -0.25) is 4.79 Å². The zero-order valence-electron chi connectivity index (χ0n) is 15.0. The summed E-state index contributed by atoms with van der Waals surface area (Å²) in [4.78, 5) is 24.8. The van der Waals surface area contributed by atoms with E-state index in [0.29, 0.717) is 29.1 Å². The molecule has 0 bridgehead atoms. The van der Waals surface area contributed by atoms with Gasteiger partial charge in [-0.05, 0) is 26.3 Å². The Morgan fingerprint density at radius 1 is 1.29 bits per heavy atom. The molecule has 0 aliphatic heterocycles. The maximum atomic E-state index is 12.6. The number of rotatable bonds is 9. The van der Waals surface area contributed by atoms with Crippen LogP contribution >= 0.6 is 0 Å². The molecule has 1 amide bonds. The fourth-order valence-electron chi connectivity index (χ4n) is 2.58. The number of aromatic nitrogens is 1. The van der Waals surface area contributed by atoms with Crippen molar-refractivity contribution >= 4 is 11.9 Å². The Morgan fingerprint density at radius 2 is 1.92 bits per heavy atom. The van der Waals surface area contributed by atoms with Crippen molar-refractivity contribution in [2.24, 2.45) is 0 Å². The second kappa shape index (κ2) is 9.24. The van der Waals surface area contributed by atoms with E-state index in [9.17, 15) is 9.59 Å². The van der Waals surface area contributed by atoms with Crippen LogP contribution in [0.2, 0.25) is 0 Å². The van der Waals surface area contributed by atoms with Gasteiger partial charge in [0.2, 0.25) is 0 Å². The van der Waals surface area contributed by atoms with E-state index in [1.165, 1.54) is 14.2 Å². The molecule has 0 aliphatic carbocycles. The lowest BCUT2D eigenvalue weighted by Crippen LogP contribution is -2.34. The summed E-state index contributed by atoms with van der Waals surface area (Å²) in [5, 5.41) is 2.76. The third kappa shape index (κ3) is 4.24. The van der Waals surface area contributed by atoms with Gasteiger partial charge < -0.3 is 24.1 Å². The smallest absolute Gasteiger partial charge is 0.355 e. The lowest BCUT2D eigenvalue weighted by Gasteiger charge is -2.14.